The quantitative estimate of drug-likeness (QED) is 0.781. The number of hydrogen-bond acceptors (Lipinski definition) is 4. The summed E-state index contributed by atoms with van der Waals surface area (Å²) in [6.07, 6.45) is 3.21. The van der Waals surface area contributed by atoms with Crippen LogP contribution in [0.2, 0.25) is 0 Å². The molecule has 2 rings (SSSR count). The van der Waals surface area contributed by atoms with E-state index in [1.165, 1.54) is 4.68 Å². The van der Waals surface area contributed by atoms with Gasteiger partial charge in [0.1, 0.15) is 6.54 Å². The number of carbonyl (C=O) groups is 1. The van der Waals surface area contributed by atoms with E-state index in [-0.39, 0.29) is 6.54 Å². The van der Waals surface area contributed by atoms with Gasteiger partial charge in [-0.3, -0.25) is 9.48 Å². The molecule has 0 radical (unpaired) electrons. The van der Waals surface area contributed by atoms with Gasteiger partial charge >= 0.3 is 13.1 Å². The Balaban J connectivity index is 2.15. The van der Waals surface area contributed by atoms with Gasteiger partial charge in [0, 0.05) is 17.9 Å². The fourth-order valence-electron chi connectivity index (χ4n) is 1.71. The zero-order valence-electron chi connectivity index (χ0n) is 11.0. The van der Waals surface area contributed by atoms with Gasteiger partial charge in [0.25, 0.3) is 0 Å². The largest absolute Gasteiger partial charge is 0.498 e. The van der Waals surface area contributed by atoms with Crippen LogP contribution in [0.25, 0.3) is 0 Å². The SMILES string of the molecule is CC1(C)OB(c2cnn(CC(=O)O)c2)OC1(C)C. The first-order chi connectivity index (χ1) is 8.21. The molecule has 0 atom stereocenters. The van der Waals surface area contributed by atoms with Crippen molar-refractivity contribution in [1.82, 2.24) is 9.78 Å². The second-order valence-corrected chi connectivity index (χ2v) is 5.45. The fraction of sp³-hybridized carbons (Fsp3) is 0.636. The predicted molar refractivity (Wildman–Crippen MR) is 65.6 cm³/mol. The molecule has 0 saturated carbocycles. The highest BCUT2D eigenvalue weighted by molar-refractivity contribution is 6.62. The van der Waals surface area contributed by atoms with Gasteiger partial charge in [0.05, 0.1) is 11.2 Å². The number of carboxylic acids is 1. The molecule has 0 spiro atoms. The molecule has 1 aliphatic rings. The Morgan fingerprint density at radius 3 is 2.44 bits per heavy atom. The minimum atomic E-state index is -0.932. The number of aromatic nitrogens is 2. The molecule has 1 aromatic heterocycles. The van der Waals surface area contributed by atoms with Crippen LogP contribution in [0, 0.1) is 0 Å². The molecule has 1 aliphatic heterocycles. The first-order valence-corrected chi connectivity index (χ1v) is 5.81. The van der Waals surface area contributed by atoms with Crippen LogP contribution in [0.1, 0.15) is 27.7 Å². The summed E-state index contributed by atoms with van der Waals surface area (Å²) >= 11 is 0. The predicted octanol–water partition coefficient (Wildman–Crippen LogP) is 0.267. The maximum Gasteiger partial charge on any atom is 0.498 e. The lowest BCUT2D eigenvalue weighted by Crippen LogP contribution is -2.41. The van der Waals surface area contributed by atoms with Gasteiger partial charge in [-0.2, -0.15) is 5.10 Å². The highest BCUT2D eigenvalue weighted by Crippen LogP contribution is 2.36. The maximum atomic E-state index is 10.6. The van der Waals surface area contributed by atoms with Crippen LogP contribution in [-0.4, -0.2) is 39.2 Å². The maximum absolute atomic E-state index is 10.6. The van der Waals surface area contributed by atoms with Crippen LogP contribution < -0.4 is 5.46 Å². The summed E-state index contributed by atoms with van der Waals surface area (Å²) in [5, 5.41) is 12.7. The lowest BCUT2D eigenvalue weighted by molar-refractivity contribution is -0.137. The molecule has 0 bridgehead atoms. The highest BCUT2D eigenvalue weighted by atomic mass is 16.7. The monoisotopic (exact) mass is 252 g/mol. The van der Waals surface area contributed by atoms with Crippen LogP contribution in [-0.2, 0) is 20.6 Å². The molecule has 1 N–H and O–H groups in total. The zero-order chi connectivity index (χ0) is 13.6. The molecule has 7 heteroatoms. The number of nitrogens with zero attached hydrogens (tertiary/aromatic N) is 2. The molecule has 98 valence electrons. The van der Waals surface area contributed by atoms with Crippen LogP contribution in [0.3, 0.4) is 0 Å². The minimum absolute atomic E-state index is 0.167. The molecule has 0 unspecified atom stereocenters. The van der Waals surface area contributed by atoms with Gasteiger partial charge in [0.15, 0.2) is 0 Å². The summed E-state index contributed by atoms with van der Waals surface area (Å²) in [5.41, 5.74) is -0.0889. The van der Waals surface area contributed by atoms with Crippen molar-refractivity contribution < 1.29 is 19.2 Å². The standard InChI is InChI=1S/C11H17BN2O4/c1-10(2)11(3,4)18-12(17-10)8-5-13-14(6-8)7-9(15)16/h5-6H,7H2,1-4H3,(H,15,16). The van der Waals surface area contributed by atoms with Gasteiger partial charge in [-0.05, 0) is 27.7 Å². The molecule has 0 aromatic carbocycles. The third kappa shape index (κ3) is 2.28. The normalized spacial score (nSPS) is 21.2. The van der Waals surface area contributed by atoms with E-state index in [1.54, 1.807) is 12.4 Å². The summed E-state index contributed by atoms with van der Waals surface area (Å²) < 4.78 is 13.0. The molecular formula is C11H17BN2O4. The van der Waals surface area contributed by atoms with Crippen LogP contribution in [0.4, 0.5) is 0 Å². The average molecular weight is 252 g/mol. The van der Waals surface area contributed by atoms with Crippen molar-refractivity contribution in [3.63, 3.8) is 0 Å². The van der Waals surface area contributed by atoms with Crippen LogP contribution >= 0.6 is 0 Å². The Hall–Kier alpha value is -1.34. The smallest absolute Gasteiger partial charge is 0.480 e. The van der Waals surface area contributed by atoms with Crippen molar-refractivity contribution in [3.8, 4) is 0 Å². The Kier molecular flexibility index (Phi) is 2.99. The van der Waals surface area contributed by atoms with E-state index in [9.17, 15) is 4.79 Å². The number of aliphatic carboxylic acids is 1. The lowest BCUT2D eigenvalue weighted by atomic mass is 9.82. The van der Waals surface area contributed by atoms with Crippen molar-refractivity contribution >= 4 is 18.6 Å². The van der Waals surface area contributed by atoms with Crippen molar-refractivity contribution in [2.24, 2.45) is 0 Å². The fourth-order valence-corrected chi connectivity index (χ4v) is 1.71. The van der Waals surface area contributed by atoms with Gasteiger partial charge in [-0.15, -0.1) is 0 Å². The van der Waals surface area contributed by atoms with E-state index in [0.29, 0.717) is 0 Å². The van der Waals surface area contributed by atoms with Crippen LogP contribution in [0.5, 0.6) is 0 Å². The minimum Gasteiger partial charge on any atom is -0.480 e. The Morgan fingerprint density at radius 1 is 1.39 bits per heavy atom. The first-order valence-electron chi connectivity index (χ1n) is 5.81. The Bertz CT molecular complexity index is 453. The van der Waals surface area contributed by atoms with Gasteiger partial charge in [-0.25, -0.2) is 0 Å². The van der Waals surface area contributed by atoms with Gasteiger partial charge in [-0.1, -0.05) is 0 Å². The number of hydrogen-bond donors (Lipinski definition) is 1. The topological polar surface area (TPSA) is 73.6 Å². The molecule has 18 heavy (non-hydrogen) atoms. The summed E-state index contributed by atoms with van der Waals surface area (Å²) in [4.78, 5) is 10.6. The van der Waals surface area contributed by atoms with Crippen molar-refractivity contribution in [2.75, 3.05) is 0 Å². The summed E-state index contributed by atoms with van der Waals surface area (Å²) in [5.74, 6) is -0.932. The number of rotatable bonds is 3. The highest BCUT2D eigenvalue weighted by Gasteiger charge is 2.52. The molecular weight excluding hydrogens is 235 g/mol. The molecule has 1 aromatic rings. The van der Waals surface area contributed by atoms with E-state index in [1.807, 2.05) is 27.7 Å². The van der Waals surface area contributed by atoms with E-state index >= 15 is 0 Å². The molecule has 6 nitrogen and oxygen atoms in total. The Labute approximate surface area is 106 Å². The van der Waals surface area contributed by atoms with Crippen LogP contribution in [0.15, 0.2) is 12.4 Å². The van der Waals surface area contributed by atoms with E-state index in [4.69, 9.17) is 14.4 Å². The third-order valence-electron chi connectivity index (χ3n) is 3.48. The molecule has 1 fully saturated rings. The first kappa shape index (κ1) is 13.1. The average Bonchev–Trinajstić information content (AvgIpc) is 2.70. The van der Waals surface area contributed by atoms with E-state index in [0.717, 1.165) is 5.46 Å². The Morgan fingerprint density at radius 2 is 1.94 bits per heavy atom. The second-order valence-electron chi connectivity index (χ2n) is 5.45. The molecule has 0 amide bonds. The molecule has 0 aliphatic carbocycles. The summed E-state index contributed by atoms with van der Waals surface area (Å²) in [7, 11) is -0.502. The van der Waals surface area contributed by atoms with E-state index in [2.05, 4.69) is 5.10 Å². The summed E-state index contributed by atoms with van der Waals surface area (Å²) in [6.45, 7) is 7.70. The second kappa shape index (κ2) is 4.10. The summed E-state index contributed by atoms with van der Waals surface area (Å²) in [6, 6.07) is 0. The molecule has 2 heterocycles. The lowest BCUT2D eigenvalue weighted by Gasteiger charge is -2.32. The van der Waals surface area contributed by atoms with E-state index < -0.39 is 24.3 Å². The van der Waals surface area contributed by atoms with Crippen molar-refractivity contribution in [1.29, 1.82) is 0 Å². The number of carboxylic acid groups (broad SMARTS) is 1. The zero-order valence-corrected chi connectivity index (χ0v) is 11.0. The van der Waals surface area contributed by atoms with Gasteiger partial charge < -0.3 is 14.4 Å². The van der Waals surface area contributed by atoms with Gasteiger partial charge in [0.2, 0.25) is 0 Å². The third-order valence-corrected chi connectivity index (χ3v) is 3.48. The van der Waals surface area contributed by atoms with Crippen molar-refractivity contribution in [2.45, 2.75) is 45.4 Å². The van der Waals surface area contributed by atoms with Crippen molar-refractivity contribution in [3.05, 3.63) is 12.4 Å². The molecule has 1 saturated heterocycles.